The fraction of sp³-hybridized carbons (Fsp3) is 0.450. The van der Waals surface area contributed by atoms with Crippen LogP contribution in [0, 0.1) is 11.8 Å². The third kappa shape index (κ3) is 3.97. The molecule has 0 spiro atoms. The Morgan fingerprint density at radius 2 is 1.59 bits per heavy atom. The van der Waals surface area contributed by atoms with E-state index in [1.807, 2.05) is 12.2 Å². The Labute approximate surface area is 157 Å². The molecule has 0 saturated carbocycles. The Bertz CT molecular complexity index is 715. The maximum absolute atomic E-state index is 12.5. The fourth-order valence-corrected chi connectivity index (χ4v) is 3.41. The number of methoxy groups -OCH3 is 1. The molecule has 7 heteroatoms. The van der Waals surface area contributed by atoms with Gasteiger partial charge in [0.05, 0.1) is 18.9 Å². The van der Waals surface area contributed by atoms with E-state index in [9.17, 15) is 14.4 Å². The van der Waals surface area contributed by atoms with Crippen molar-refractivity contribution >= 4 is 17.8 Å². The summed E-state index contributed by atoms with van der Waals surface area (Å²) in [5, 5.41) is 0. The number of amides is 2. The molecule has 3 atom stereocenters. The third-order valence-corrected chi connectivity index (χ3v) is 4.93. The summed E-state index contributed by atoms with van der Waals surface area (Å²) in [5.74, 6) is -0.532. The van der Waals surface area contributed by atoms with Crippen molar-refractivity contribution in [3.05, 3.63) is 36.4 Å². The number of ether oxygens (including phenoxy) is 3. The van der Waals surface area contributed by atoms with E-state index in [0.717, 1.165) is 10.6 Å². The maximum atomic E-state index is 12.5. The van der Waals surface area contributed by atoms with Crippen LogP contribution in [0.15, 0.2) is 36.4 Å². The normalized spacial score (nSPS) is 22.4. The number of fused-ring (bicyclic) bond motifs is 1. The monoisotopic (exact) mass is 373 g/mol. The maximum Gasteiger partial charge on any atom is 0.329 e. The van der Waals surface area contributed by atoms with E-state index < -0.39 is 12.0 Å². The zero-order valence-electron chi connectivity index (χ0n) is 15.4. The highest BCUT2D eigenvalue weighted by molar-refractivity contribution is 6.08. The molecule has 1 heterocycles. The van der Waals surface area contributed by atoms with Crippen molar-refractivity contribution in [2.45, 2.75) is 25.8 Å². The first-order valence-electron chi connectivity index (χ1n) is 8.98. The zero-order chi connectivity index (χ0) is 19.4. The van der Waals surface area contributed by atoms with Crippen LogP contribution in [0.3, 0.4) is 0 Å². The lowest BCUT2D eigenvalue weighted by Gasteiger charge is -2.21. The standard InChI is InChI=1S/C20H23NO6/c1-13(21-18(22)16-5-3-4-6-17(16)19(21)23)20(24)27-12-11-26-15-9-7-14(25-2)8-10-15/h3-4,7-10,13,16-17H,5-6,11-12H2,1-2H3/t13-,16-,17+/m0/s1. The molecular weight excluding hydrogens is 350 g/mol. The number of nitrogens with zero attached hydrogens (tertiary/aromatic N) is 1. The van der Waals surface area contributed by atoms with Crippen LogP contribution < -0.4 is 9.47 Å². The lowest BCUT2D eigenvalue weighted by molar-refractivity contribution is -0.158. The van der Waals surface area contributed by atoms with E-state index in [0.29, 0.717) is 18.6 Å². The van der Waals surface area contributed by atoms with Gasteiger partial charge in [0.1, 0.15) is 30.8 Å². The summed E-state index contributed by atoms with van der Waals surface area (Å²) < 4.78 is 15.7. The molecule has 1 aromatic rings. The smallest absolute Gasteiger partial charge is 0.329 e. The van der Waals surface area contributed by atoms with Crippen molar-refractivity contribution in [1.82, 2.24) is 4.90 Å². The lowest BCUT2D eigenvalue weighted by atomic mass is 9.85. The second-order valence-corrected chi connectivity index (χ2v) is 6.57. The lowest BCUT2D eigenvalue weighted by Crippen LogP contribution is -2.44. The van der Waals surface area contributed by atoms with Gasteiger partial charge in [0.15, 0.2) is 0 Å². The molecular formula is C20H23NO6. The minimum Gasteiger partial charge on any atom is -0.497 e. The zero-order valence-corrected chi connectivity index (χ0v) is 15.4. The molecule has 3 rings (SSSR count). The molecule has 1 saturated heterocycles. The average Bonchev–Trinajstić information content (AvgIpc) is 2.95. The van der Waals surface area contributed by atoms with Crippen LogP contribution in [0.1, 0.15) is 19.8 Å². The summed E-state index contributed by atoms with van der Waals surface area (Å²) in [6.45, 7) is 1.72. The quantitative estimate of drug-likeness (QED) is 0.314. The number of benzene rings is 1. The SMILES string of the molecule is COc1ccc(OCCOC(=O)[C@H](C)N2C(=O)[C@H]3CC=CC[C@H]3C2=O)cc1. The van der Waals surface area contributed by atoms with Gasteiger partial charge >= 0.3 is 5.97 Å². The largest absolute Gasteiger partial charge is 0.497 e. The van der Waals surface area contributed by atoms with E-state index in [-0.39, 0.29) is 36.9 Å². The molecule has 0 bridgehead atoms. The van der Waals surface area contributed by atoms with Crippen LogP contribution in [0.4, 0.5) is 0 Å². The summed E-state index contributed by atoms with van der Waals surface area (Å²) in [6.07, 6.45) is 4.91. The van der Waals surface area contributed by atoms with Crippen LogP contribution in [0.25, 0.3) is 0 Å². The van der Waals surface area contributed by atoms with E-state index in [1.54, 1.807) is 31.4 Å². The van der Waals surface area contributed by atoms with Gasteiger partial charge in [0, 0.05) is 0 Å². The molecule has 1 fully saturated rings. The van der Waals surface area contributed by atoms with Gasteiger partial charge in [0.25, 0.3) is 0 Å². The fourth-order valence-electron chi connectivity index (χ4n) is 3.41. The Morgan fingerprint density at radius 3 is 2.15 bits per heavy atom. The first-order valence-corrected chi connectivity index (χ1v) is 8.98. The van der Waals surface area contributed by atoms with Crippen LogP contribution in [0.5, 0.6) is 11.5 Å². The number of rotatable bonds is 7. The molecule has 27 heavy (non-hydrogen) atoms. The van der Waals surface area contributed by atoms with E-state index in [2.05, 4.69) is 0 Å². The minimum atomic E-state index is -0.934. The molecule has 0 N–H and O–H groups in total. The number of esters is 1. The minimum absolute atomic E-state index is 0.0276. The first-order chi connectivity index (χ1) is 13.0. The second-order valence-electron chi connectivity index (χ2n) is 6.57. The summed E-state index contributed by atoms with van der Waals surface area (Å²) in [7, 11) is 1.58. The van der Waals surface area contributed by atoms with Crippen molar-refractivity contribution in [3.8, 4) is 11.5 Å². The summed E-state index contributed by atoms with van der Waals surface area (Å²) >= 11 is 0. The molecule has 2 amide bonds. The third-order valence-electron chi connectivity index (χ3n) is 4.93. The van der Waals surface area contributed by atoms with Gasteiger partial charge in [-0.1, -0.05) is 12.2 Å². The molecule has 1 aliphatic heterocycles. The summed E-state index contributed by atoms with van der Waals surface area (Å²) in [4.78, 5) is 38.3. The Hall–Kier alpha value is -2.83. The van der Waals surface area contributed by atoms with Crippen LogP contribution in [0.2, 0.25) is 0 Å². The topological polar surface area (TPSA) is 82.1 Å². The van der Waals surface area contributed by atoms with Gasteiger partial charge < -0.3 is 14.2 Å². The van der Waals surface area contributed by atoms with Crippen molar-refractivity contribution in [1.29, 1.82) is 0 Å². The van der Waals surface area contributed by atoms with E-state index in [4.69, 9.17) is 14.2 Å². The number of imide groups is 1. The number of hydrogen-bond acceptors (Lipinski definition) is 6. The van der Waals surface area contributed by atoms with Crippen LogP contribution in [-0.4, -0.2) is 49.0 Å². The Kier molecular flexibility index (Phi) is 5.78. The molecule has 1 aromatic carbocycles. The highest BCUT2D eigenvalue weighted by Gasteiger charge is 2.50. The Balaban J connectivity index is 1.47. The van der Waals surface area contributed by atoms with Gasteiger partial charge in [-0.25, -0.2) is 4.79 Å². The number of allylic oxidation sites excluding steroid dienone is 2. The van der Waals surface area contributed by atoms with Gasteiger partial charge in [-0.15, -0.1) is 0 Å². The highest BCUT2D eigenvalue weighted by atomic mass is 16.6. The molecule has 7 nitrogen and oxygen atoms in total. The van der Waals surface area contributed by atoms with Gasteiger partial charge in [-0.2, -0.15) is 0 Å². The predicted molar refractivity (Wildman–Crippen MR) is 96.1 cm³/mol. The van der Waals surface area contributed by atoms with E-state index in [1.165, 1.54) is 6.92 Å². The summed E-state index contributed by atoms with van der Waals surface area (Å²) in [6, 6.07) is 6.10. The number of carbonyl (C=O) groups is 3. The van der Waals surface area contributed by atoms with Gasteiger partial charge in [-0.05, 0) is 44.0 Å². The second kappa shape index (κ2) is 8.24. The molecule has 0 unspecified atom stereocenters. The summed E-state index contributed by atoms with van der Waals surface area (Å²) in [5.41, 5.74) is 0. The predicted octanol–water partition coefficient (Wildman–Crippen LogP) is 1.96. The van der Waals surface area contributed by atoms with Crippen LogP contribution >= 0.6 is 0 Å². The molecule has 0 aromatic heterocycles. The van der Waals surface area contributed by atoms with Gasteiger partial charge in [-0.3, -0.25) is 14.5 Å². The van der Waals surface area contributed by atoms with Crippen molar-refractivity contribution < 1.29 is 28.6 Å². The molecule has 0 radical (unpaired) electrons. The first kappa shape index (κ1) is 18.9. The molecule has 1 aliphatic carbocycles. The number of carbonyl (C=O) groups excluding carboxylic acids is 3. The van der Waals surface area contributed by atoms with Gasteiger partial charge in [0.2, 0.25) is 11.8 Å². The van der Waals surface area contributed by atoms with Crippen LogP contribution in [-0.2, 0) is 19.1 Å². The molecule has 2 aliphatic rings. The van der Waals surface area contributed by atoms with Crippen molar-refractivity contribution in [3.63, 3.8) is 0 Å². The van der Waals surface area contributed by atoms with E-state index >= 15 is 0 Å². The van der Waals surface area contributed by atoms with Crippen molar-refractivity contribution in [2.24, 2.45) is 11.8 Å². The van der Waals surface area contributed by atoms with Crippen molar-refractivity contribution in [2.75, 3.05) is 20.3 Å². The highest BCUT2D eigenvalue weighted by Crippen LogP contribution is 2.36. The molecule has 144 valence electrons. The average molecular weight is 373 g/mol. The Morgan fingerprint density at radius 1 is 1.04 bits per heavy atom. The number of likely N-dealkylation sites (tertiary alicyclic amines) is 1. The number of hydrogen-bond donors (Lipinski definition) is 0.